The molecule has 0 aliphatic rings. The van der Waals surface area contributed by atoms with E-state index in [0.29, 0.717) is 29.7 Å². The Bertz CT molecular complexity index is 760. The van der Waals surface area contributed by atoms with E-state index in [2.05, 4.69) is 34.0 Å². The van der Waals surface area contributed by atoms with Crippen LogP contribution in [0.1, 0.15) is 36.4 Å². The Morgan fingerprint density at radius 3 is 2.73 bits per heavy atom. The Hall–Kier alpha value is -2.30. The van der Waals surface area contributed by atoms with Crippen LogP contribution in [0.5, 0.6) is 0 Å². The zero-order valence-corrected chi connectivity index (χ0v) is 18.9. The van der Waals surface area contributed by atoms with Gasteiger partial charge < -0.3 is 19.5 Å². The summed E-state index contributed by atoms with van der Waals surface area (Å²) in [6.07, 6.45) is 8.01. The summed E-state index contributed by atoms with van der Waals surface area (Å²) in [6.45, 7) is 9.02. The fraction of sp³-hybridized carbons (Fsp3) is 0.600. The number of imidazole rings is 1. The summed E-state index contributed by atoms with van der Waals surface area (Å²) >= 11 is 1.24. The molecule has 9 nitrogen and oxygen atoms in total. The van der Waals surface area contributed by atoms with Crippen molar-refractivity contribution in [3.63, 3.8) is 0 Å². The van der Waals surface area contributed by atoms with Gasteiger partial charge in [-0.3, -0.25) is 14.5 Å². The van der Waals surface area contributed by atoms with Gasteiger partial charge in [-0.1, -0.05) is 25.2 Å². The molecule has 0 bridgehead atoms. The number of anilines is 1. The largest absolute Gasteiger partial charge is 0.384 e. The molecular weight excluding hydrogens is 404 g/mol. The lowest BCUT2D eigenvalue weighted by Gasteiger charge is -2.24. The van der Waals surface area contributed by atoms with Gasteiger partial charge in [0.2, 0.25) is 5.91 Å². The molecule has 0 aromatic carbocycles. The lowest BCUT2D eigenvalue weighted by atomic mass is 10.3. The molecule has 0 unspecified atom stereocenters. The monoisotopic (exact) mass is 436 g/mol. The van der Waals surface area contributed by atoms with Crippen molar-refractivity contribution in [1.82, 2.24) is 24.8 Å². The number of methoxy groups -OCH3 is 1. The van der Waals surface area contributed by atoms with Crippen LogP contribution >= 0.6 is 11.3 Å². The molecule has 0 atom stereocenters. The minimum atomic E-state index is -0.169. The van der Waals surface area contributed by atoms with Gasteiger partial charge in [0, 0.05) is 45.7 Å². The van der Waals surface area contributed by atoms with E-state index < -0.39 is 0 Å². The first-order valence-corrected chi connectivity index (χ1v) is 11.1. The average Bonchev–Trinajstić information content (AvgIpc) is 3.45. The number of hydrogen-bond acceptors (Lipinski definition) is 7. The second-order valence-electron chi connectivity index (χ2n) is 6.73. The number of aromatic nitrogens is 3. The Morgan fingerprint density at radius 1 is 1.27 bits per heavy atom. The number of ether oxygens (including phenoxy) is 1. The smallest absolute Gasteiger partial charge is 0.263 e. The minimum Gasteiger partial charge on any atom is -0.384 e. The van der Waals surface area contributed by atoms with Gasteiger partial charge in [-0.25, -0.2) is 9.97 Å². The summed E-state index contributed by atoms with van der Waals surface area (Å²) in [5.74, 6) is -0.219. The van der Waals surface area contributed by atoms with Crippen LogP contribution in [0.2, 0.25) is 0 Å². The molecule has 30 heavy (non-hydrogen) atoms. The highest BCUT2D eigenvalue weighted by molar-refractivity contribution is 7.17. The SMILES string of the molecule is CCN(CC)CCN(C(=O)CCOC)c1ncc(C(=O)NCCCn2ccnc2)s1. The quantitative estimate of drug-likeness (QED) is 0.455. The topological polar surface area (TPSA) is 92.6 Å². The molecule has 0 radical (unpaired) electrons. The number of aryl methyl sites for hydroxylation is 1. The number of rotatable bonds is 14. The molecule has 0 saturated carbocycles. The van der Waals surface area contributed by atoms with Crippen molar-refractivity contribution in [2.45, 2.75) is 33.2 Å². The highest BCUT2D eigenvalue weighted by Gasteiger charge is 2.21. The van der Waals surface area contributed by atoms with Crippen LogP contribution in [-0.4, -0.2) is 77.7 Å². The maximum Gasteiger partial charge on any atom is 0.263 e. The van der Waals surface area contributed by atoms with Gasteiger partial charge in [0.15, 0.2) is 5.13 Å². The average molecular weight is 437 g/mol. The second-order valence-corrected chi connectivity index (χ2v) is 7.74. The van der Waals surface area contributed by atoms with Crippen LogP contribution in [0.25, 0.3) is 0 Å². The lowest BCUT2D eigenvalue weighted by Crippen LogP contribution is -2.39. The molecule has 10 heteroatoms. The predicted octanol–water partition coefficient (Wildman–Crippen LogP) is 1.87. The van der Waals surface area contributed by atoms with Gasteiger partial charge in [-0.15, -0.1) is 0 Å². The Morgan fingerprint density at radius 2 is 2.07 bits per heavy atom. The molecule has 0 spiro atoms. The first-order valence-electron chi connectivity index (χ1n) is 10.3. The van der Waals surface area contributed by atoms with E-state index in [1.54, 1.807) is 30.7 Å². The van der Waals surface area contributed by atoms with Crippen molar-refractivity contribution < 1.29 is 14.3 Å². The summed E-state index contributed by atoms with van der Waals surface area (Å²) in [6, 6.07) is 0. The zero-order valence-electron chi connectivity index (χ0n) is 18.0. The van der Waals surface area contributed by atoms with Crippen molar-refractivity contribution in [2.24, 2.45) is 0 Å². The number of amides is 2. The van der Waals surface area contributed by atoms with Crippen molar-refractivity contribution in [2.75, 3.05) is 51.3 Å². The number of carbonyl (C=O) groups is 2. The normalized spacial score (nSPS) is 11.1. The summed E-state index contributed by atoms with van der Waals surface area (Å²) in [5, 5.41) is 3.46. The van der Waals surface area contributed by atoms with Gasteiger partial charge in [-0.2, -0.15) is 0 Å². The summed E-state index contributed by atoms with van der Waals surface area (Å²) in [5.41, 5.74) is 0. The number of nitrogens with one attached hydrogen (secondary N) is 1. The highest BCUT2D eigenvalue weighted by atomic mass is 32.1. The first-order chi connectivity index (χ1) is 14.6. The zero-order chi connectivity index (χ0) is 21.8. The van der Waals surface area contributed by atoms with Crippen LogP contribution in [0.15, 0.2) is 24.9 Å². The minimum absolute atomic E-state index is 0.0503. The fourth-order valence-electron chi connectivity index (χ4n) is 2.90. The maximum absolute atomic E-state index is 12.7. The van der Waals surface area contributed by atoms with Gasteiger partial charge in [-0.05, 0) is 19.5 Å². The molecule has 2 heterocycles. The van der Waals surface area contributed by atoms with E-state index >= 15 is 0 Å². The van der Waals surface area contributed by atoms with Crippen molar-refractivity contribution >= 4 is 28.3 Å². The Kier molecular flexibility index (Phi) is 10.5. The van der Waals surface area contributed by atoms with E-state index in [-0.39, 0.29) is 18.2 Å². The van der Waals surface area contributed by atoms with E-state index in [1.807, 2.05) is 10.8 Å². The van der Waals surface area contributed by atoms with Crippen LogP contribution in [0, 0.1) is 0 Å². The van der Waals surface area contributed by atoms with Crippen LogP contribution < -0.4 is 10.2 Å². The van der Waals surface area contributed by atoms with Gasteiger partial charge >= 0.3 is 0 Å². The predicted molar refractivity (Wildman–Crippen MR) is 118 cm³/mol. The Balaban J connectivity index is 1.94. The van der Waals surface area contributed by atoms with Crippen molar-refractivity contribution in [1.29, 1.82) is 0 Å². The van der Waals surface area contributed by atoms with Crippen LogP contribution in [0.3, 0.4) is 0 Å². The third-order valence-corrected chi connectivity index (χ3v) is 5.76. The van der Waals surface area contributed by atoms with Crippen LogP contribution in [0.4, 0.5) is 5.13 Å². The number of likely N-dealkylation sites (N-methyl/N-ethyl adjacent to an activating group) is 1. The van der Waals surface area contributed by atoms with Crippen LogP contribution in [-0.2, 0) is 16.1 Å². The molecule has 0 saturated heterocycles. The number of hydrogen-bond donors (Lipinski definition) is 1. The van der Waals surface area contributed by atoms with Gasteiger partial charge in [0.25, 0.3) is 5.91 Å². The summed E-state index contributed by atoms with van der Waals surface area (Å²) < 4.78 is 7.02. The summed E-state index contributed by atoms with van der Waals surface area (Å²) in [4.78, 5) is 37.9. The highest BCUT2D eigenvalue weighted by Crippen LogP contribution is 2.23. The molecular formula is C20H32N6O3S. The van der Waals surface area contributed by atoms with E-state index in [4.69, 9.17) is 4.74 Å². The van der Waals surface area contributed by atoms with Crippen molar-refractivity contribution in [3.8, 4) is 0 Å². The maximum atomic E-state index is 12.7. The standard InChI is InChI=1S/C20H32N6O3S/c1-4-24(5-2)12-13-26(18(27)7-14-29-3)20-23-15-17(30-20)19(28)22-8-6-10-25-11-9-21-16-25/h9,11,15-16H,4-8,10,12-14H2,1-3H3,(H,22,28). The van der Waals surface area contributed by atoms with E-state index in [0.717, 1.165) is 32.6 Å². The van der Waals surface area contributed by atoms with E-state index in [1.165, 1.54) is 11.3 Å². The molecule has 2 aromatic heterocycles. The molecule has 0 aliphatic heterocycles. The second kappa shape index (κ2) is 13.1. The van der Waals surface area contributed by atoms with Gasteiger partial charge in [0.05, 0.1) is 25.6 Å². The molecule has 2 aromatic rings. The molecule has 1 N–H and O–H groups in total. The molecule has 0 aliphatic carbocycles. The van der Waals surface area contributed by atoms with Crippen molar-refractivity contribution in [3.05, 3.63) is 29.8 Å². The number of carbonyl (C=O) groups excluding carboxylic acids is 2. The van der Waals surface area contributed by atoms with E-state index in [9.17, 15) is 9.59 Å². The first kappa shape index (κ1) is 24.0. The molecule has 0 fully saturated rings. The molecule has 2 amide bonds. The Labute approximate surface area is 182 Å². The fourth-order valence-corrected chi connectivity index (χ4v) is 3.77. The molecule has 2 rings (SSSR count). The van der Waals surface area contributed by atoms with Gasteiger partial charge in [0.1, 0.15) is 4.88 Å². The summed E-state index contributed by atoms with van der Waals surface area (Å²) in [7, 11) is 1.58. The number of nitrogens with zero attached hydrogens (tertiary/aromatic N) is 5. The molecule has 166 valence electrons. The third-order valence-electron chi connectivity index (χ3n) is 4.74. The third kappa shape index (κ3) is 7.51. The number of thiazole rings is 1. The lowest BCUT2D eigenvalue weighted by molar-refractivity contribution is -0.119.